The van der Waals surface area contributed by atoms with Crippen LogP contribution in [0.1, 0.15) is 31.5 Å². The first-order chi connectivity index (χ1) is 7.88. The van der Waals surface area contributed by atoms with Crippen molar-refractivity contribution in [2.24, 2.45) is 17.1 Å². The minimum absolute atomic E-state index is 0.422. The predicted octanol–water partition coefficient (Wildman–Crippen LogP) is 2.48. The van der Waals surface area contributed by atoms with Gasteiger partial charge in [0.25, 0.3) is 0 Å². The fraction of sp³-hybridized carbons (Fsp3) is 0.538. The Morgan fingerprint density at radius 2 is 2.24 bits per heavy atom. The summed E-state index contributed by atoms with van der Waals surface area (Å²) in [5.41, 5.74) is 7.95. The van der Waals surface area contributed by atoms with E-state index in [9.17, 15) is 0 Å². The summed E-state index contributed by atoms with van der Waals surface area (Å²) in [4.78, 5) is 4.86. The topological polar surface area (TPSA) is 50.9 Å². The predicted molar refractivity (Wildman–Crippen MR) is 75.2 cm³/mol. The van der Waals surface area contributed by atoms with Gasteiger partial charge in [0.2, 0.25) is 0 Å². The molecule has 3 N–H and O–H groups in total. The summed E-state index contributed by atoms with van der Waals surface area (Å²) in [5, 5.41) is 3.37. The van der Waals surface area contributed by atoms with Crippen molar-refractivity contribution in [1.29, 1.82) is 0 Å². The molecule has 0 bridgehead atoms. The molecule has 4 heteroatoms. The number of nitrogens with two attached hydrogens (primary N) is 1. The van der Waals surface area contributed by atoms with E-state index in [0.717, 1.165) is 29.5 Å². The highest BCUT2D eigenvalue weighted by Gasteiger charge is 2.44. The molecule has 1 fully saturated rings. The minimum atomic E-state index is 0.422. The van der Waals surface area contributed by atoms with Crippen LogP contribution in [-0.4, -0.2) is 16.5 Å². The Bertz CT molecular complexity index is 454. The van der Waals surface area contributed by atoms with E-state index in [-0.39, 0.29) is 0 Å². The number of thiocarbonyl (C=S) groups is 1. The molecular weight excluding hydrogens is 230 g/mol. The van der Waals surface area contributed by atoms with Gasteiger partial charge in [0, 0.05) is 17.8 Å². The molecule has 2 rings (SSSR count). The molecule has 1 unspecified atom stereocenters. The Morgan fingerprint density at radius 1 is 1.59 bits per heavy atom. The van der Waals surface area contributed by atoms with Gasteiger partial charge in [0.1, 0.15) is 10.8 Å². The Morgan fingerprint density at radius 3 is 2.76 bits per heavy atom. The van der Waals surface area contributed by atoms with Crippen molar-refractivity contribution >= 4 is 23.0 Å². The third-order valence-corrected chi connectivity index (χ3v) is 3.72. The second-order valence-electron chi connectivity index (χ2n) is 5.52. The summed E-state index contributed by atoms with van der Waals surface area (Å²) in [6.07, 6.45) is 1.29. The molecule has 1 aliphatic carbocycles. The highest BCUT2D eigenvalue weighted by atomic mass is 32.1. The summed E-state index contributed by atoms with van der Waals surface area (Å²) < 4.78 is 0. The molecule has 1 aromatic rings. The van der Waals surface area contributed by atoms with E-state index in [2.05, 4.69) is 24.1 Å². The van der Waals surface area contributed by atoms with Crippen LogP contribution in [0.4, 0.5) is 5.82 Å². The van der Waals surface area contributed by atoms with Gasteiger partial charge in [-0.15, -0.1) is 0 Å². The molecule has 0 aliphatic heterocycles. The quantitative estimate of drug-likeness (QED) is 0.805. The molecule has 0 spiro atoms. The fourth-order valence-corrected chi connectivity index (χ4v) is 2.17. The molecule has 3 nitrogen and oxygen atoms in total. The number of nitrogens with zero attached hydrogens (tertiary/aromatic N) is 1. The average Bonchev–Trinajstić information content (AvgIpc) is 2.83. The molecule has 17 heavy (non-hydrogen) atoms. The maximum absolute atomic E-state index is 5.64. The van der Waals surface area contributed by atoms with Crippen LogP contribution >= 0.6 is 12.2 Å². The highest BCUT2D eigenvalue weighted by Crippen LogP contribution is 2.51. The van der Waals surface area contributed by atoms with Crippen LogP contribution in [0.15, 0.2) is 12.1 Å². The summed E-state index contributed by atoms with van der Waals surface area (Å²) in [7, 11) is 0. The monoisotopic (exact) mass is 249 g/mol. The summed E-state index contributed by atoms with van der Waals surface area (Å²) in [6.45, 7) is 7.52. The van der Waals surface area contributed by atoms with Gasteiger partial charge in [-0.3, -0.25) is 0 Å². The lowest BCUT2D eigenvalue weighted by molar-refractivity contribution is 0.573. The fourth-order valence-electron chi connectivity index (χ4n) is 2.05. The summed E-state index contributed by atoms with van der Waals surface area (Å²) in [5.74, 6) is 1.62. The molecule has 0 saturated heterocycles. The summed E-state index contributed by atoms with van der Waals surface area (Å²) in [6, 6.07) is 3.83. The largest absolute Gasteiger partial charge is 0.389 e. The highest BCUT2D eigenvalue weighted by molar-refractivity contribution is 7.80. The molecule has 1 aliphatic rings. The normalized spacial score (nSPS) is 21.0. The maximum atomic E-state index is 5.64. The van der Waals surface area contributed by atoms with E-state index in [4.69, 9.17) is 18.0 Å². The molecule has 92 valence electrons. The van der Waals surface area contributed by atoms with E-state index < -0.39 is 0 Å². The van der Waals surface area contributed by atoms with E-state index in [1.807, 2.05) is 19.1 Å². The summed E-state index contributed by atoms with van der Waals surface area (Å²) >= 11 is 4.99. The standard InChI is InChI=1S/C13H19N3S/c1-8-4-9(12(14)17)5-11(16-8)15-7-10-6-13(10,2)3/h4-5,10H,6-7H2,1-3H3,(H2,14,17)(H,15,16). The number of aryl methyl sites for hydroxylation is 1. The Labute approximate surface area is 108 Å². The first kappa shape index (κ1) is 12.3. The Hall–Kier alpha value is -1.16. The van der Waals surface area contributed by atoms with Crippen LogP contribution in [0, 0.1) is 18.3 Å². The molecule has 0 radical (unpaired) electrons. The van der Waals surface area contributed by atoms with Gasteiger partial charge in [0.15, 0.2) is 0 Å². The average molecular weight is 249 g/mol. The molecule has 0 aromatic carbocycles. The van der Waals surface area contributed by atoms with Crippen LogP contribution in [0.2, 0.25) is 0 Å². The molecule has 1 atom stereocenters. The van der Waals surface area contributed by atoms with Crippen molar-refractivity contribution in [3.8, 4) is 0 Å². The van der Waals surface area contributed by atoms with Crippen LogP contribution in [0.5, 0.6) is 0 Å². The number of anilines is 1. The van der Waals surface area contributed by atoms with E-state index >= 15 is 0 Å². The van der Waals surface area contributed by atoms with Crippen LogP contribution in [0.25, 0.3) is 0 Å². The van der Waals surface area contributed by atoms with Crippen molar-refractivity contribution in [2.75, 3.05) is 11.9 Å². The van der Waals surface area contributed by atoms with Gasteiger partial charge in [-0.2, -0.15) is 0 Å². The van der Waals surface area contributed by atoms with Gasteiger partial charge >= 0.3 is 0 Å². The Balaban J connectivity index is 2.03. The van der Waals surface area contributed by atoms with Crippen molar-refractivity contribution in [3.63, 3.8) is 0 Å². The van der Waals surface area contributed by atoms with Crippen LogP contribution in [0.3, 0.4) is 0 Å². The lowest BCUT2D eigenvalue weighted by atomic mass is 10.1. The first-order valence-electron chi connectivity index (χ1n) is 5.91. The first-order valence-corrected chi connectivity index (χ1v) is 6.32. The lowest BCUT2D eigenvalue weighted by Crippen LogP contribution is -2.13. The third-order valence-electron chi connectivity index (χ3n) is 3.49. The molecule has 1 aromatic heterocycles. The maximum Gasteiger partial charge on any atom is 0.126 e. The zero-order valence-corrected chi connectivity index (χ0v) is 11.4. The molecule has 1 heterocycles. The van der Waals surface area contributed by atoms with Crippen LogP contribution < -0.4 is 11.1 Å². The Kier molecular flexibility index (Phi) is 3.08. The number of nitrogens with one attached hydrogen (secondary N) is 1. The molecular formula is C13H19N3S. The van der Waals surface area contributed by atoms with Crippen LogP contribution in [-0.2, 0) is 0 Å². The zero-order chi connectivity index (χ0) is 12.6. The minimum Gasteiger partial charge on any atom is -0.389 e. The van der Waals surface area contributed by atoms with Gasteiger partial charge in [0.05, 0.1) is 0 Å². The second-order valence-corrected chi connectivity index (χ2v) is 5.96. The van der Waals surface area contributed by atoms with Crippen molar-refractivity contribution in [1.82, 2.24) is 4.98 Å². The number of rotatable bonds is 4. The van der Waals surface area contributed by atoms with E-state index in [0.29, 0.717) is 10.4 Å². The molecule has 1 saturated carbocycles. The van der Waals surface area contributed by atoms with Crippen molar-refractivity contribution < 1.29 is 0 Å². The third kappa shape index (κ3) is 2.94. The van der Waals surface area contributed by atoms with E-state index in [1.54, 1.807) is 0 Å². The molecule has 0 amide bonds. The van der Waals surface area contributed by atoms with Gasteiger partial charge in [-0.1, -0.05) is 26.1 Å². The van der Waals surface area contributed by atoms with Gasteiger partial charge in [-0.05, 0) is 36.8 Å². The number of aromatic nitrogens is 1. The number of hydrogen-bond donors (Lipinski definition) is 2. The van der Waals surface area contributed by atoms with Crippen molar-refractivity contribution in [2.45, 2.75) is 27.2 Å². The van der Waals surface area contributed by atoms with Gasteiger partial charge < -0.3 is 11.1 Å². The van der Waals surface area contributed by atoms with E-state index in [1.165, 1.54) is 6.42 Å². The van der Waals surface area contributed by atoms with Crippen molar-refractivity contribution in [3.05, 3.63) is 23.4 Å². The van der Waals surface area contributed by atoms with Gasteiger partial charge in [-0.25, -0.2) is 4.98 Å². The number of hydrogen-bond acceptors (Lipinski definition) is 3. The smallest absolute Gasteiger partial charge is 0.126 e. The zero-order valence-electron chi connectivity index (χ0n) is 10.6. The number of pyridine rings is 1. The SMILES string of the molecule is Cc1cc(C(N)=S)cc(NCC2CC2(C)C)n1. The second kappa shape index (κ2) is 4.26. The lowest BCUT2D eigenvalue weighted by Gasteiger charge is -2.09.